The zero-order valence-electron chi connectivity index (χ0n) is 11.1. The van der Waals surface area contributed by atoms with E-state index in [1.807, 2.05) is 20.8 Å². The molecule has 2 unspecified atom stereocenters. The lowest BCUT2D eigenvalue weighted by Gasteiger charge is -2.43. The number of piperazine rings is 1. The monoisotopic (exact) mass is 270 g/mol. The van der Waals surface area contributed by atoms with E-state index >= 15 is 0 Å². The second-order valence-corrected chi connectivity index (χ2v) is 5.32. The Bertz CT molecular complexity index is 258. The van der Waals surface area contributed by atoms with Crippen molar-refractivity contribution in [2.24, 2.45) is 5.92 Å². The summed E-state index contributed by atoms with van der Waals surface area (Å²) in [6.45, 7) is 5.93. The Labute approximate surface area is 106 Å². The molecule has 0 aromatic carbocycles. The van der Waals surface area contributed by atoms with Gasteiger partial charge in [-0.2, -0.15) is 8.78 Å². The van der Waals surface area contributed by atoms with E-state index < -0.39 is 18.9 Å². The summed E-state index contributed by atoms with van der Waals surface area (Å²) in [5.41, 5.74) is 0. The minimum absolute atomic E-state index is 0.105. The molecule has 1 aliphatic rings. The first kappa shape index (κ1) is 15.7. The molecule has 1 N–H and O–H groups in total. The maximum atomic E-state index is 13.2. The van der Waals surface area contributed by atoms with E-state index in [2.05, 4.69) is 5.32 Å². The first-order valence-electron chi connectivity index (χ1n) is 6.41. The van der Waals surface area contributed by atoms with Crippen LogP contribution in [-0.4, -0.2) is 49.0 Å². The molecule has 0 amide bonds. The molecule has 1 saturated heterocycles. The first-order chi connectivity index (χ1) is 8.27. The van der Waals surface area contributed by atoms with E-state index in [0.717, 1.165) is 6.42 Å². The Morgan fingerprint density at radius 1 is 1.33 bits per heavy atom. The number of nitrogens with one attached hydrogen (secondary N) is 1. The molecule has 0 aromatic rings. The van der Waals surface area contributed by atoms with Gasteiger partial charge in [-0.05, 0) is 12.3 Å². The van der Waals surface area contributed by atoms with E-state index in [4.69, 9.17) is 0 Å². The number of alkyl halides is 4. The Morgan fingerprint density at radius 3 is 2.39 bits per heavy atom. The van der Waals surface area contributed by atoms with Crippen LogP contribution in [0.2, 0.25) is 0 Å². The Balaban J connectivity index is 2.72. The lowest BCUT2D eigenvalue weighted by molar-refractivity contribution is -0.150. The summed E-state index contributed by atoms with van der Waals surface area (Å²) < 4.78 is 50.9. The van der Waals surface area contributed by atoms with Crippen LogP contribution in [0, 0.1) is 5.92 Å². The second-order valence-electron chi connectivity index (χ2n) is 5.32. The highest BCUT2D eigenvalue weighted by molar-refractivity contribution is 4.90. The minimum atomic E-state index is -3.93. The summed E-state index contributed by atoms with van der Waals surface area (Å²) >= 11 is 0. The summed E-state index contributed by atoms with van der Waals surface area (Å²) in [4.78, 5) is 1.52. The summed E-state index contributed by atoms with van der Waals surface area (Å²) in [7, 11) is 0. The molecular formula is C12H22F4N2. The van der Waals surface area contributed by atoms with Crippen LogP contribution >= 0.6 is 0 Å². The number of hydrogen-bond acceptors (Lipinski definition) is 2. The predicted octanol–water partition coefficient (Wildman–Crippen LogP) is 2.60. The lowest BCUT2D eigenvalue weighted by atomic mass is 9.97. The van der Waals surface area contributed by atoms with Crippen LogP contribution in [0.25, 0.3) is 0 Å². The molecule has 18 heavy (non-hydrogen) atoms. The average Bonchev–Trinajstić information content (AvgIpc) is 2.27. The molecule has 1 aliphatic heterocycles. The fraction of sp³-hybridized carbons (Fsp3) is 1.00. The Morgan fingerprint density at radius 2 is 1.94 bits per heavy atom. The molecule has 2 nitrogen and oxygen atoms in total. The van der Waals surface area contributed by atoms with Crippen LogP contribution < -0.4 is 5.32 Å². The van der Waals surface area contributed by atoms with Crippen molar-refractivity contribution in [2.75, 3.05) is 19.6 Å². The van der Waals surface area contributed by atoms with Gasteiger partial charge in [0.25, 0.3) is 0 Å². The van der Waals surface area contributed by atoms with Crippen LogP contribution in [0.15, 0.2) is 0 Å². The van der Waals surface area contributed by atoms with Gasteiger partial charge in [0.2, 0.25) is 0 Å². The predicted molar refractivity (Wildman–Crippen MR) is 63.2 cm³/mol. The van der Waals surface area contributed by atoms with Gasteiger partial charge in [0.05, 0.1) is 6.54 Å². The molecule has 0 aromatic heterocycles. The van der Waals surface area contributed by atoms with Gasteiger partial charge in [0, 0.05) is 25.2 Å². The smallest absolute Gasteiger partial charge is 0.311 e. The zero-order valence-corrected chi connectivity index (χ0v) is 11.1. The maximum absolute atomic E-state index is 13.2. The minimum Gasteiger partial charge on any atom is -0.311 e. The zero-order chi connectivity index (χ0) is 13.9. The Kier molecular flexibility index (Phi) is 5.40. The normalized spacial score (nSPS) is 27.2. The highest BCUT2D eigenvalue weighted by Gasteiger charge is 2.44. The summed E-state index contributed by atoms with van der Waals surface area (Å²) in [5, 5.41) is 3.27. The molecule has 6 heteroatoms. The molecule has 0 spiro atoms. The third-order valence-corrected chi connectivity index (χ3v) is 3.54. The molecule has 1 rings (SSSR count). The van der Waals surface area contributed by atoms with Crippen LogP contribution in [0.5, 0.6) is 0 Å². The molecule has 0 radical (unpaired) electrons. The van der Waals surface area contributed by atoms with Crippen molar-refractivity contribution in [3.05, 3.63) is 0 Å². The second kappa shape index (κ2) is 6.19. The standard InChI is InChI=1S/C12H22F4N2/c1-4-9-6-18(7-12(15,16)11(13)14)10(5-17-9)8(2)3/h8-11,17H,4-7H2,1-3H3. The van der Waals surface area contributed by atoms with Crippen LogP contribution in [0.1, 0.15) is 27.2 Å². The SMILES string of the molecule is CCC1CN(CC(F)(F)C(F)F)C(C(C)C)CN1. The molecular weight excluding hydrogens is 248 g/mol. The molecule has 0 aliphatic carbocycles. The number of nitrogens with zero attached hydrogens (tertiary/aromatic N) is 1. The van der Waals surface area contributed by atoms with E-state index in [1.54, 1.807) is 0 Å². The molecule has 2 atom stereocenters. The largest absolute Gasteiger partial charge is 0.319 e. The lowest BCUT2D eigenvalue weighted by Crippen LogP contribution is -2.60. The fourth-order valence-corrected chi connectivity index (χ4v) is 2.35. The van der Waals surface area contributed by atoms with Crippen LogP contribution in [0.4, 0.5) is 17.6 Å². The van der Waals surface area contributed by atoms with Gasteiger partial charge in [-0.15, -0.1) is 0 Å². The van der Waals surface area contributed by atoms with E-state index in [1.165, 1.54) is 4.90 Å². The van der Waals surface area contributed by atoms with Gasteiger partial charge >= 0.3 is 12.3 Å². The van der Waals surface area contributed by atoms with Crippen molar-refractivity contribution >= 4 is 0 Å². The summed E-state index contributed by atoms with van der Waals surface area (Å²) in [6, 6.07) is -0.00843. The number of halogens is 4. The van der Waals surface area contributed by atoms with Crippen molar-refractivity contribution < 1.29 is 17.6 Å². The van der Waals surface area contributed by atoms with Gasteiger partial charge in [-0.3, -0.25) is 4.90 Å². The van der Waals surface area contributed by atoms with Crippen LogP contribution in [0.3, 0.4) is 0 Å². The topological polar surface area (TPSA) is 15.3 Å². The molecule has 0 bridgehead atoms. The van der Waals surface area contributed by atoms with Gasteiger partial charge in [0.15, 0.2) is 0 Å². The Hall–Kier alpha value is -0.360. The van der Waals surface area contributed by atoms with Gasteiger partial charge in [0.1, 0.15) is 0 Å². The highest BCUT2D eigenvalue weighted by atomic mass is 19.3. The van der Waals surface area contributed by atoms with Crippen molar-refractivity contribution in [1.29, 1.82) is 0 Å². The van der Waals surface area contributed by atoms with E-state index in [-0.39, 0.29) is 18.0 Å². The van der Waals surface area contributed by atoms with Gasteiger partial charge in [-0.25, -0.2) is 8.78 Å². The van der Waals surface area contributed by atoms with Crippen molar-refractivity contribution in [3.8, 4) is 0 Å². The van der Waals surface area contributed by atoms with Crippen molar-refractivity contribution in [2.45, 2.75) is 51.6 Å². The first-order valence-corrected chi connectivity index (χ1v) is 6.41. The maximum Gasteiger partial charge on any atom is 0.319 e. The fourth-order valence-electron chi connectivity index (χ4n) is 2.35. The third kappa shape index (κ3) is 3.82. The molecule has 0 saturated carbocycles. The molecule has 1 fully saturated rings. The van der Waals surface area contributed by atoms with E-state index in [0.29, 0.717) is 13.1 Å². The van der Waals surface area contributed by atoms with Gasteiger partial charge in [-0.1, -0.05) is 20.8 Å². The van der Waals surface area contributed by atoms with Crippen molar-refractivity contribution in [3.63, 3.8) is 0 Å². The summed E-state index contributed by atoms with van der Waals surface area (Å²) in [6.07, 6.45) is -2.79. The summed E-state index contributed by atoms with van der Waals surface area (Å²) in [5.74, 6) is -3.77. The third-order valence-electron chi connectivity index (χ3n) is 3.54. The molecule has 1 heterocycles. The molecule has 108 valence electrons. The quantitative estimate of drug-likeness (QED) is 0.773. The van der Waals surface area contributed by atoms with E-state index in [9.17, 15) is 17.6 Å². The van der Waals surface area contributed by atoms with Crippen molar-refractivity contribution in [1.82, 2.24) is 10.2 Å². The van der Waals surface area contributed by atoms with Gasteiger partial charge < -0.3 is 5.32 Å². The van der Waals surface area contributed by atoms with Crippen LogP contribution in [-0.2, 0) is 0 Å². The number of hydrogen-bond donors (Lipinski definition) is 1. The number of rotatable bonds is 5. The highest BCUT2D eigenvalue weighted by Crippen LogP contribution is 2.27. The average molecular weight is 270 g/mol.